The summed E-state index contributed by atoms with van der Waals surface area (Å²) in [7, 11) is -3.00. The maximum Gasteiger partial charge on any atom is 0.413 e. The van der Waals surface area contributed by atoms with E-state index in [0.29, 0.717) is 34.3 Å². The molecule has 0 unspecified atom stereocenters. The van der Waals surface area contributed by atoms with Crippen LogP contribution in [0, 0.1) is 6.92 Å². The number of carbonyl (C=O) groups excluding carboxylic acids is 2. The summed E-state index contributed by atoms with van der Waals surface area (Å²) in [6.45, 7) is 12.1. The number of thiol groups is 1. The zero-order chi connectivity index (χ0) is 33.8. The molecule has 3 heterocycles. The number of nitrogens with zero attached hydrogens (tertiary/aromatic N) is 4. The molecule has 1 atom stereocenters. The van der Waals surface area contributed by atoms with Gasteiger partial charge in [0.05, 0.1) is 23.6 Å². The van der Waals surface area contributed by atoms with E-state index in [-0.39, 0.29) is 23.3 Å². The first-order chi connectivity index (χ1) is 21.5. The number of hydrogen-bond acceptors (Lipinski definition) is 10. The number of halogens is 1. The van der Waals surface area contributed by atoms with Crippen molar-refractivity contribution < 1.29 is 32.2 Å². The van der Waals surface area contributed by atoms with Crippen LogP contribution in [0.2, 0.25) is 5.15 Å². The van der Waals surface area contributed by atoms with E-state index in [1.807, 2.05) is 30.3 Å². The van der Waals surface area contributed by atoms with E-state index < -0.39 is 40.3 Å². The lowest BCUT2D eigenvalue weighted by Gasteiger charge is -2.24. The second kappa shape index (κ2) is 13.9. The summed E-state index contributed by atoms with van der Waals surface area (Å²) in [5.74, 6) is 0.0958. The third-order valence-electron chi connectivity index (χ3n) is 6.21. The van der Waals surface area contributed by atoms with Crippen LogP contribution in [0.4, 0.5) is 15.4 Å². The van der Waals surface area contributed by atoms with Gasteiger partial charge < -0.3 is 19.5 Å². The Morgan fingerprint density at radius 3 is 2.28 bits per heavy atom. The van der Waals surface area contributed by atoms with Crippen molar-refractivity contribution in [2.75, 3.05) is 11.9 Å². The first kappa shape index (κ1) is 34.4. The number of rotatable bonds is 9. The number of aryl methyl sites for hydroxylation is 1. The van der Waals surface area contributed by atoms with Crippen molar-refractivity contribution in [2.45, 2.75) is 72.1 Å². The lowest BCUT2D eigenvalue weighted by molar-refractivity contribution is 0.0487. The Morgan fingerprint density at radius 1 is 1.00 bits per heavy atom. The molecule has 0 radical (unpaired) electrons. The minimum Gasteiger partial charge on any atom is -0.488 e. The minimum absolute atomic E-state index is 0.0158. The Labute approximate surface area is 273 Å². The second-order valence-electron chi connectivity index (χ2n) is 12.4. The van der Waals surface area contributed by atoms with Gasteiger partial charge in [-0.3, -0.25) is 10.3 Å². The summed E-state index contributed by atoms with van der Waals surface area (Å²) in [4.78, 5) is 34.3. The molecule has 0 spiro atoms. The average Bonchev–Trinajstić information content (AvgIpc) is 3.27. The van der Waals surface area contributed by atoms with Gasteiger partial charge >= 0.3 is 12.2 Å². The van der Waals surface area contributed by atoms with Crippen LogP contribution in [0.25, 0.3) is 22.2 Å². The van der Waals surface area contributed by atoms with Crippen molar-refractivity contribution in [1.29, 1.82) is 0 Å². The van der Waals surface area contributed by atoms with Crippen LogP contribution in [0.5, 0.6) is 5.75 Å². The summed E-state index contributed by atoms with van der Waals surface area (Å²) in [5.41, 5.74) is 0.915. The first-order valence-corrected chi connectivity index (χ1v) is 15.9. The number of benzene rings is 1. The lowest BCUT2D eigenvalue weighted by atomic mass is 10.1. The highest BCUT2D eigenvalue weighted by Gasteiger charge is 2.24. The molecule has 4 rings (SSSR count). The Morgan fingerprint density at radius 2 is 1.65 bits per heavy atom. The molecule has 2 N–H and O–H groups in total. The zero-order valence-corrected chi connectivity index (χ0v) is 28.2. The van der Waals surface area contributed by atoms with Crippen LogP contribution in [-0.4, -0.2) is 63.6 Å². The molecule has 15 heteroatoms. The number of anilines is 1. The van der Waals surface area contributed by atoms with Gasteiger partial charge in [0.15, 0.2) is 11.6 Å². The highest BCUT2D eigenvalue weighted by Crippen LogP contribution is 2.35. The predicted molar refractivity (Wildman–Crippen MR) is 175 cm³/mol. The number of ether oxygens (including phenoxy) is 3. The number of carbonyl (C=O) groups is 2. The Balaban J connectivity index is 1.71. The normalized spacial score (nSPS) is 12.5. The van der Waals surface area contributed by atoms with Gasteiger partial charge in [0, 0.05) is 10.9 Å². The first-order valence-electron chi connectivity index (χ1n) is 14.4. The van der Waals surface area contributed by atoms with Crippen molar-refractivity contribution in [3.8, 4) is 17.0 Å². The van der Waals surface area contributed by atoms with E-state index in [0.717, 1.165) is 9.65 Å². The molecule has 1 aromatic carbocycles. The number of hydrogen-bond donors (Lipinski definition) is 3. The molecule has 0 aliphatic heterocycles. The van der Waals surface area contributed by atoms with E-state index in [9.17, 15) is 18.0 Å². The van der Waals surface area contributed by atoms with E-state index in [2.05, 4.69) is 25.7 Å². The third kappa shape index (κ3) is 9.30. The maximum atomic E-state index is 12.7. The molecule has 0 saturated carbocycles. The number of pyridine rings is 2. The van der Waals surface area contributed by atoms with Crippen LogP contribution < -0.4 is 15.4 Å². The molecule has 13 nitrogen and oxygen atoms in total. The molecule has 3 aromatic heterocycles. The molecule has 0 fully saturated rings. The fourth-order valence-electron chi connectivity index (χ4n) is 4.39. The van der Waals surface area contributed by atoms with Crippen molar-refractivity contribution >= 4 is 51.4 Å². The zero-order valence-electron chi connectivity index (χ0n) is 26.6. The van der Waals surface area contributed by atoms with Gasteiger partial charge in [-0.25, -0.2) is 23.0 Å². The summed E-state index contributed by atoms with van der Waals surface area (Å²) >= 11 is 6.61. The number of fused-ring (bicyclic) bond motifs is 1. The molecule has 0 aliphatic rings. The molecular weight excluding hydrogens is 636 g/mol. The fraction of sp³-hybridized carbons (Fsp3) is 0.387. The van der Waals surface area contributed by atoms with Crippen molar-refractivity contribution in [3.05, 3.63) is 65.1 Å². The Kier molecular flexibility index (Phi) is 10.4. The molecule has 2 amide bonds. The molecule has 4 aromatic rings. The van der Waals surface area contributed by atoms with Crippen molar-refractivity contribution in [2.24, 2.45) is 0 Å². The quantitative estimate of drug-likeness (QED) is 0.149. The fourth-order valence-corrected chi connectivity index (χ4v) is 5.16. The topological polar surface area (TPSA) is 164 Å². The van der Waals surface area contributed by atoms with E-state index >= 15 is 0 Å². The lowest BCUT2D eigenvalue weighted by Crippen LogP contribution is -2.43. The number of amides is 2. The van der Waals surface area contributed by atoms with Gasteiger partial charge in [0.1, 0.15) is 28.5 Å². The van der Waals surface area contributed by atoms with Crippen molar-refractivity contribution in [3.63, 3.8) is 0 Å². The Hall–Kier alpha value is -4.43. The van der Waals surface area contributed by atoms with Gasteiger partial charge in [0.2, 0.25) is 10.9 Å². The highest BCUT2D eigenvalue weighted by atomic mass is 35.5. The predicted octanol–water partition coefficient (Wildman–Crippen LogP) is 5.69. The number of aromatic nitrogens is 4. The van der Waals surface area contributed by atoms with Crippen LogP contribution in [-0.2, 0) is 26.8 Å². The molecule has 0 bridgehead atoms. The number of nitrogens with one attached hydrogen (secondary N) is 2. The van der Waals surface area contributed by atoms with Gasteiger partial charge in [0.25, 0.3) is 0 Å². The molecule has 246 valence electrons. The minimum atomic E-state index is -3.00. The van der Waals surface area contributed by atoms with Crippen LogP contribution in [0.1, 0.15) is 52.8 Å². The van der Waals surface area contributed by atoms with E-state index in [4.69, 9.17) is 25.8 Å². The highest BCUT2D eigenvalue weighted by molar-refractivity contribution is 7.70. The van der Waals surface area contributed by atoms with Crippen LogP contribution in [0.3, 0.4) is 0 Å². The van der Waals surface area contributed by atoms with Crippen LogP contribution in [0.15, 0.2) is 48.7 Å². The Bertz CT molecular complexity index is 1810. The second-order valence-corrected chi connectivity index (χ2v) is 13.7. The summed E-state index contributed by atoms with van der Waals surface area (Å²) < 4.78 is 41.3. The van der Waals surface area contributed by atoms with Gasteiger partial charge in [-0.1, -0.05) is 41.9 Å². The van der Waals surface area contributed by atoms with E-state index in [1.165, 1.54) is 6.20 Å². The third-order valence-corrected chi connectivity index (χ3v) is 7.11. The summed E-state index contributed by atoms with van der Waals surface area (Å²) in [5, 5.41) is 10.1. The molecule has 0 aliphatic carbocycles. The molecule has 0 saturated heterocycles. The molecule has 46 heavy (non-hydrogen) atoms. The monoisotopic (exact) mass is 672 g/mol. The van der Waals surface area contributed by atoms with Gasteiger partial charge in [-0.15, -0.1) is 0 Å². The standard InChI is InChI=1S/C31H37ClN6O7S/c1-18-21-14-23(33-16-24(21)38(37-18)46(41)42)22-15-25(27(35-26(22)32)36-29(40)45-31(5,6)7)43-17-20(13-19-11-9-8-10-12-19)34-28(39)44-30(2,3)4/h8-12,14-16,20,46H,13,17H2,1-7H3,(H,34,39)(H,35,36,40)/t20-/m0/s1. The van der Waals surface area contributed by atoms with Crippen LogP contribution >= 0.6 is 11.6 Å². The average molecular weight is 673 g/mol. The van der Waals surface area contributed by atoms with Gasteiger partial charge in [-0.2, -0.15) is 9.19 Å². The number of alkyl carbamates (subject to hydrolysis) is 1. The smallest absolute Gasteiger partial charge is 0.413 e. The summed E-state index contributed by atoms with van der Waals surface area (Å²) in [6, 6.07) is 12.2. The maximum absolute atomic E-state index is 12.7. The molecular formula is C31H37ClN6O7S. The van der Waals surface area contributed by atoms with E-state index in [1.54, 1.807) is 60.6 Å². The van der Waals surface area contributed by atoms with Gasteiger partial charge in [-0.05, 0) is 72.6 Å². The largest absolute Gasteiger partial charge is 0.488 e. The van der Waals surface area contributed by atoms with Crippen molar-refractivity contribution in [1.82, 2.24) is 24.5 Å². The summed E-state index contributed by atoms with van der Waals surface area (Å²) in [6.07, 6.45) is 0.384. The SMILES string of the molecule is Cc1nn([SH](=O)=O)c2cnc(-c3cc(OC[C@H](Cc4ccccc4)NC(=O)OC(C)(C)C)c(NC(=O)OC(C)(C)C)nc3Cl)cc12.